The Hall–Kier alpha value is -2.80. The molecule has 0 spiro atoms. The maximum atomic E-state index is 14.7. The molecule has 5 nitrogen and oxygen atoms in total. The summed E-state index contributed by atoms with van der Waals surface area (Å²) in [6.45, 7) is 0.892. The van der Waals surface area contributed by atoms with Crippen molar-refractivity contribution in [1.82, 2.24) is 9.55 Å². The minimum Gasteiger partial charge on any atom is -0.442 e. The molecular formula is C20H18FN3O2S. The van der Waals surface area contributed by atoms with E-state index in [1.165, 1.54) is 11.0 Å². The SMILES string of the molecule is CSc1ccc(-c2ccc(N3CC(Cn4ccnc4)OC3=O)cc2F)cc1. The number of amides is 1. The number of imidazole rings is 1. The summed E-state index contributed by atoms with van der Waals surface area (Å²) in [6.07, 6.45) is 6.40. The average Bonchev–Trinajstić information content (AvgIpc) is 3.31. The van der Waals surface area contributed by atoms with Gasteiger partial charge in [-0.25, -0.2) is 14.2 Å². The predicted octanol–water partition coefficient (Wildman–Crippen LogP) is 4.44. The van der Waals surface area contributed by atoms with E-state index in [-0.39, 0.29) is 11.9 Å². The molecular weight excluding hydrogens is 365 g/mol. The van der Waals surface area contributed by atoms with Crippen LogP contribution in [-0.4, -0.2) is 34.5 Å². The Kier molecular flexibility index (Phi) is 4.85. The van der Waals surface area contributed by atoms with Crippen molar-refractivity contribution in [3.63, 3.8) is 0 Å². The number of thioether (sulfide) groups is 1. The van der Waals surface area contributed by atoms with Crippen LogP contribution in [0.4, 0.5) is 14.9 Å². The standard InChI is InChI=1S/C20H18FN3O2S/c1-27-17-5-2-14(3-6-17)18-7-4-15(10-19(18)21)24-12-16(26-20(24)25)11-23-9-8-22-13-23/h2-10,13,16H,11-12H2,1H3. The molecule has 1 fully saturated rings. The number of nitrogens with zero attached hydrogens (tertiary/aromatic N) is 3. The van der Waals surface area contributed by atoms with Gasteiger partial charge in [0.1, 0.15) is 11.9 Å². The third kappa shape index (κ3) is 3.68. The van der Waals surface area contributed by atoms with Crippen molar-refractivity contribution >= 4 is 23.5 Å². The van der Waals surface area contributed by atoms with Gasteiger partial charge in [0.15, 0.2) is 0 Å². The van der Waals surface area contributed by atoms with E-state index in [9.17, 15) is 9.18 Å². The van der Waals surface area contributed by atoms with Gasteiger partial charge in [-0.2, -0.15) is 0 Å². The fourth-order valence-corrected chi connectivity index (χ4v) is 3.54. The predicted molar refractivity (Wildman–Crippen MR) is 103 cm³/mol. The molecule has 2 heterocycles. The van der Waals surface area contributed by atoms with Crippen LogP contribution < -0.4 is 4.90 Å². The van der Waals surface area contributed by atoms with Crippen molar-refractivity contribution in [2.24, 2.45) is 0 Å². The van der Waals surface area contributed by atoms with Gasteiger partial charge < -0.3 is 9.30 Å². The summed E-state index contributed by atoms with van der Waals surface area (Å²) in [5.41, 5.74) is 1.81. The number of halogens is 1. The van der Waals surface area contributed by atoms with Crippen LogP contribution in [0, 0.1) is 5.82 Å². The first-order chi connectivity index (χ1) is 13.1. The van der Waals surface area contributed by atoms with Crippen LogP contribution in [-0.2, 0) is 11.3 Å². The minimum absolute atomic E-state index is 0.298. The number of carbonyl (C=O) groups is 1. The third-order valence-electron chi connectivity index (χ3n) is 4.51. The van der Waals surface area contributed by atoms with Gasteiger partial charge in [-0.3, -0.25) is 4.90 Å². The molecule has 27 heavy (non-hydrogen) atoms. The maximum Gasteiger partial charge on any atom is 0.414 e. The van der Waals surface area contributed by atoms with Gasteiger partial charge in [0, 0.05) is 22.9 Å². The average molecular weight is 383 g/mol. The second-order valence-electron chi connectivity index (χ2n) is 6.27. The molecule has 0 aliphatic carbocycles. The van der Waals surface area contributed by atoms with Crippen molar-refractivity contribution in [3.05, 3.63) is 67.0 Å². The quantitative estimate of drug-likeness (QED) is 0.611. The maximum absolute atomic E-state index is 14.7. The van der Waals surface area contributed by atoms with E-state index in [1.54, 1.807) is 36.4 Å². The zero-order valence-corrected chi connectivity index (χ0v) is 15.5. The first-order valence-electron chi connectivity index (χ1n) is 8.52. The third-order valence-corrected chi connectivity index (χ3v) is 5.26. The molecule has 2 aromatic carbocycles. The van der Waals surface area contributed by atoms with E-state index in [2.05, 4.69) is 4.98 Å². The van der Waals surface area contributed by atoms with Gasteiger partial charge >= 0.3 is 6.09 Å². The van der Waals surface area contributed by atoms with Crippen molar-refractivity contribution in [1.29, 1.82) is 0 Å². The van der Waals surface area contributed by atoms with Crippen molar-refractivity contribution in [2.75, 3.05) is 17.7 Å². The fraction of sp³-hybridized carbons (Fsp3) is 0.200. The highest BCUT2D eigenvalue weighted by Gasteiger charge is 2.32. The fourth-order valence-electron chi connectivity index (χ4n) is 3.13. The molecule has 1 amide bonds. The summed E-state index contributed by atoms with van der Waals surface area (Å²) < 4.78 is 22.0. The van der Waals surface area contributed by atoms with Crippen LogP contribution in [0.1, 0.15) is 0 Å². The molecule has 7 heteroatoms. The molecule has 0 radical (unpaired) electrons. The number of aromatic nitrogens is 2. The number of rotatable bonds is 5. The summed E-state index contributed by atoms with van der Waals surface area (Å²) in [5.74, 6) is -0.365. The lowest BCUT2D eigenvalue weighted by Crippen LogP contribution is -2.25. The highest BCUT2D eigenvalue weighted by atomic mass is 32.2. The van der Waals surface area contributed by atoms with E-state index in [4.69, 9.17) is 4.74 Å². The van der Waals surface area contributed by atoms with E-state index in [1.807, 2.05) is 41.3 Å². The molecule has 0 saturated carbocycles. The summed E-state index contributed by atoms with van der Waals surface area (Å²) in [7, 11) is 0. The Morgan fingerprint density at radius 1 is 1.26 bits per heavy atom. The summed E-state index contributed by atoms with van der Waals surface area (Å²) in [4.78, 5) is 18.8. The topological polar surface area (TPSA) is 47.4 Å². The normalized spacial score (nSPS) is 16.6. The molecule has 1 aliphatic heterocycles. The first kappa shape index (κ1) is 17.6. The molecule has 0 N–H and O–H groups in total. The lowest BCUT2D eigenvalue weighted by molar-refractivity contribution is 0.132. The highest BCUT2D eigenvalue weighted by molar-refractivity contribution is 7.98. The molecule has 138 valence electrons. The molecule has 1 unspecified atom stereocenters. The number of hydrogen-bond donors (Lipinski definition) is 0. The van der Waals surface area contributed by atoms with Gasteiger partial charge in [-0.15, -0.1) is 11.8 Å². The van der Waals surface area contributed by atoms with E-state index >= 15 is 0 Å². The zero-order chi connectivity index (χ0) is 18.8. The molecule has 0 bridgehead atoms. The van der Waals surface area contributed by atoms with E-state index in [0.29, 0.717) is 24.3 Å². The van der Waals surface area contributed by atoms with Gasteiger partial charge in [0.05, 0.1) is 25.1 Å². The molecule has 1 aromatic heterocycles. The van der Waals surface area contributed by atoms with Gasteiger partial charge in [-0.05, 0) is 42.2 Å². The highest BCUT2D eigenvalue weighted by Crippen LogP contribution is 2.30. The van der Waals surface area contributed by atoms with Crippen LogP contribution >= 0.6 is 11.8 Å². The van der Waals surface area contributed by atoms with Crippen molar-refractivity contribution in [3.8, 4) is 11.1 Å². The Labute approximate surface area is 160 Å². The second kappa shape index (κ2) is 7.44. The second-order valence-corrected chi connectivity index (χ2v) is 7.15. The largest absolute Gasteiger partial charge is 0.442 e. The minimum atomic E-state index is -0.461. The lowest BCUT2D eigenvalue weighted by Gasteiger charge is -2.14. The van der Waals surface area contributed by atoms with Crippen LogP contribution in [0.25, 0.3) is 11.1 Å². The van der Waals surface area contributed by atoms with Crippen LogP contribution in [0.15, 0.2) is 66.1 Å². The molecule has 4 rings (SSSR count). The molecule has 1 aliphatic rings. The summed E-state index contributed by atoms with van der Waals surface area (Å²) in [6, 6.07) is 12.6. The number of anilines is 1. The van der Waals surface area contributed by atoms with Crippen molar-refractivity contribution < 1.29 is 13.9 Å². The first-order valence-corrected chi connectivity index (χ1v) is 9.74. The summed E-state index contributed by atoms with van der Waals surface area (Å²) >= 11 is 1.64. The Balaban J connectivity index is 1.52. The van der Waals surface area contributed by atoms with Gasteiger partial charge in [0.25, 0.3) is 0 Å². The van der Waals surface area contributed by atoms with Crippen LogP contribution in [0.3, 0.4) is 0 Å². The van der Waals surface area contributed by atoms with E-state index < -0.39 is 6.09 Å². The Morgan fingerprint density at radius 2 is 2.07 bits per heavy atom. The van der Waals surface area contributed by atoms with Gasteiger partial charge in [0.2, 0.25) is 0 Å². The van der Waals surface area contributed by atoms with Crippen LogP contribution in [0.5, 0.6) is 0 Å². The Morgan fingerprint density at radius 3 is 2.74 bits per heavy atom. The summed E-state index contributed by atoms with van der Waals surface area (Å²) in [5, 5.41) is 0. The number of ether oxygens (including phenoxy) is 1. The lowest BCUT2D eigenvalue weighted by atomic mass is 10.0. The number of hydrogen-bond acceptors (Lipinski definition) is 4. The van der Waals surface area contributed by atoms with Crippen LogP contribution in [0.2, 0.25) is 0 Å². The van der Waals surface area contributed by atoms with Crippen molar-refractivity contribution in [2.45, 2.75) is 17.5 Å². The van der Waals surface area contributed by atoms with E-state index in [0.717, 1.165) is 10.5 Å². The number of benzene rings is 2. The molecule has 3 aromatic rings. The molecule has 1 atom stereocenters. The molecule has 1 saturated heterocycles. The number of carbonyl (C=O) groups excluding carboxylic acids is 1. The zero-order valence-electron chi connectivity index (χ0n) is 14.7. The smallest absolute Gasteiger partial charge is 0.414 e. The Bertz CT molecular complexity index is 944. The monoisotopic (exact) mass is 383 g/mol. The number of cyclic esters (lactones) is 1. The van der Waals surface area contributed by atoms with Gasteiger partial charge in [-0.1, -0.05) is 12.1 Å².